The smallest absolute Gasteiger partial charge is 0.159 e. The maximum absolute atomic E-state index is 12.5. The monoisotopic (exact) mass is 338 g/mol. The van der Waals surface area contributed by atoms with E-state index in [1.54, 1.807) is 37.3 Å². The Bertz CT molecular complexity index is 739. The Morgan fingerprint density at radius 1 is 1.09 bits per heavy atom. The minimum absolute atomic E-state index is 0.316. The van der Waals surface area contributed by atoms with Crippen molar-refractivity contribution in [3.05, 3.63) is 70.2 Å². The first-order valence-corrected chi connectivity index (χ1v) is 9.10. The molecule has 0 fully saturated rings. The molecule has 0 bridgehead atoms. The summed E-state index contributed by atoms with van der Waals surface area (Å²) in [6.45, 7) is 3.57. The zero-order valence-corrected chi connectivity index (χ0v) is 14.1. The zero-order chi connectivity index (χ0) is 16.3. The van der Waals surface area contributed by atoms with E-state index in [9.17, 15) is 13.5 Å². The van der Waals surface area contributed by atoms with E-state index in [1.165, 1.54) is 0 Å². The Kier molecular flexibility index (Phi) is 5.27. The molecule has 0 aliphatic carbocycles. The lowest BCUT2D eigenvalue weighted by atomic mass is 10.1. The highest BCUT2D eigenvalue weighted by molar-refractivity contribution is 7.91. The normalized spacial score (nSPS) is 14.5. The molecule has 118 valence electrons. The van der Waals surface area contributed by atoms with Crippen LogP contribution in [0.15, 0.2) is 48.5 Å². The number of aliphatic hydroxyl groups is 1. The van der Waals surface area contributed by atoms with Crippen LogP contribution in [0.3, 0.4) is 0 Å². The third-order valence-corrected chi connectivity index (χ3v) is 6.08. The Morgan fingerprint density at radius 2 is 1.73 bits per heavy atom. The van der Waals surface area contributed by atoms with Gasteiger partial charge < -0.3 is 5.11 Å². The summed E-state index contributed by atoms with van der Waals surface area (Å²) in [6.07, 6.45) is -1.06. The quantitative estimate of drug-likeness (QED) is 0.900. The van der Waals surface area contributed by atoms with Crippen LogP contribution in [0, 0.1) is 6.92 Å². The average Bonchev–Trinajstić information content (AvgIpc) is 2.46. The average molecular weight is 339 g/mol. The first-order chi connectivity index (χ1) is 10.3. The van der Waals surface area contributed by atoms with Gasteiger partial charge in [-0.25, -0.2) is 8.42 Å². The molecule has 0 aliphatic rings. The molecule has 2 atom stereocenters. The second kappa shape index (κ2) is 6.82. The van der Waals surface area contributed by atoms with E-state index < -0.39 is 21.2 Å². The first-order valence-electron chi connectivity index (χ1n) is 7.01. The van der Waals surface area contributed by atoms with Crippen molar-refractivity contribution in [2.45, 2.75) is 25.2 Å². The molecule has 2 unspecified atom stereocenters. The maximum Gasteiger partial charge on any atom is 0.159 e. The topological polar surface area (TPSA) is 54.4 Å². The van der Waals surface area contributed by atoms with Gasteiger partial charge in [-0.3, -0.25) is 0 Å². The first kappa shape index (κ1) is 17.0. The van der Waals surface area contributed by atoms with Crippen LogP contribution in [0.5, 0.6) is 0 Å². The lowest BCUT2D eigenvalue weighted by Gasteiger charge is -2.17. The van der Waals surface area contributed by atoms with Crippen LogP contribution in [0.4, 0.5) is 0 Å². The molecule has 0 spiro atoms. The number of sulfone groups is 1. The molecule has 22 heavy (non-hydrogen) atoms. The van der Waals surface area contributed by atoms with Crippen LogP contribution in [-0.4, -0.2) is 19.3 Å². The molecule has 0 amide bonds. The number of aliphatic hydroxyl groups excluding tert-OH is 1. The summed E-state index contributed by atoms with van der Waals surface area (Å²) in [7, 11) is -3.47. The van der Waals surface area contributed by atoms with Crippen molar-refractivity contribution in [2.24, 2.45) is 0 Å². The van der Waals surface area contributed by atoms with Gasteiger partial charge in [0, 0.05) is 5.02 Å². The summed E-state index contributed by atoms with van der Waals surface area (Å²) in [5, 5.41) is 10.1. The molecule has 3 nitrogen and oxygen atoms in total. The van der Waals surface area contributed by atoms with E-state index in [1.807, 2.05) is 25.1 Å². The van der Waals surface area contributed by atoms with Crippen LogP contribution in [0.1, 0.15) is 35.0 Å². The molecular formula is C17H19ClO3S. The Labute approximate surface area is 136 Å². The van der Waals surface area contributed by atoms with Gasteiger partial charge in [-0.15, -0.1) is 0 Å². The predicted molar refractivity (Wildman–Crippen MR) is 89.8 cm³/mol. The molecule has 5 heteroatoms. The Morgan fingerprint density at radius 3 is 2.32 bits per heavy atom. The molecule has 2 aromatic carbocycles. The highest BCUT2D eigenvalue weighted by Gasteiger charge is 2.26. The zero-order valence-electron chi connectivity index (χ0n) is 12.5. The van der Waals surface area contributed by atoms with Crippen LogP contribution in [0.2, 0.25) is 5.02 Å². The fraction of sp³-hybridized carbons (Fsp3) is 0.294. The van der Waals surface area contributed by atoms with E-state index in [0.29, 0.717) is 10.6 Å². The summed E-state index contributed by atoms with van der Waals surface area (Å²) in [6, 6.07) is 14.0. The summed E-state index contributed by atoms with van der Waals surface area (Å²) < 4.78 is 25.0. The fourth-order valence-corrected chi connectivity index (χ4v) is 3.88. The number of halogens is 1. The van der Waals surface area contributed by atoms with Crippen LogP contribution in [-0.2, 0) is 9.84 Å². The highest BCUT2D eigenvalue weighted by atomic mass is 35.5. The van der Waals surface area contributed by atoms with E-state index in [4.69, 9.17) is 11.6 Å². The summed E-state index contributed by atoms with van der Waals surface area (Å²) >= 11 is 5.79. The summed E-state index contributed by atoms with van der Waals surface area (Å²) in [5.41, 5.74) is 2.30. The van der Waals surface area contributed by atoms with Crippen molar-refractivity contribution in [1.29, 1.82) is 0 Å². The number of hydrogen-bond acceptors (Lipinski definition) is 3. The van der Waals surface area contributed by atoms with Gasteiger partial charge in [0.15, 0.2) is 9.84 Å². The third-order valence-electron chi connectivity index (χ3n) is 3.70. The van der Waals surface area contributed by atoms with E-state index in [2.05, 4.69) is 0 Å². The molecular weight excluding hydrogens is 320 g/mol. The summed E-state index contributed by atoms with van der Waals surface area (Å²) in [5.74, 6) is -0.316. The van der Waals surface area contributed by atoms with Crippen molar-refractivity contribution in [2.75, 3.05) is 5.75 Å². The van der Waals surface area contributed by atoms with Crippen LogP contribution in [0.25, 0.3) is 0 Å². The second-order valence-corrected chi connectivity index (χ2v) is 8.26. The van der Waals surface area contributed by atoms with Crippen LogP contribution >= 0.6 is 11.6 Å². The van der Waals surface area contributed by atoms with Crippen molar-refractivity contribution >= 4 is 21.4 Å². The number of aryl methyl sites for hydroxylation is 1. The van der Waals surface area contributed by atoms with Crippen molar-refractivity contribution in [1.82, 2.24) is 0 Å². The molecule has 0 heterocycles. The van der Waals surface area contributed by atoms with Crippen molar-refractivity contribution in [3.8, 4) is 0 Å². The van der Waals surface area contributed by atoms with Gasteiger partial charge in [-0.05, 0) is 37.1 Å². The van der Waals surface area contributed by atoms with Gasteiger partial charge in [-0.2, -0.15) is 0 Å². The van der Waals surface area contributed by atoms with Gasteiger partial charge in [0.2, 0.25) is 0 Å². The minimum atomic E-state index is -3.47. The van der Waals surface area contributed by atoms with Crippen LogP contribution < -0.4 is 0 Å². The van der Waals surface area contributed by atoms with Crippen molar-refractivity contribution < 1.29 is 13.5 Å². The Balaban J connectivity index is 2.18. The van der Waals surface area contributed by atoms with E-state index in [-0.39, 0.29) is 5.75 Å². The standard InChI is InChI=1S/C17H19ClO3S/c1-12-4-3-5-15(10-12)13(2)22(20,21)11-17(19)14-6-8-16(18)9-7-14/h3-10,13,17,19H,11H2,1-2H3. The predicted octanol–water partition coefficient (Wildman–Crippen LogP) is 3.86. The Hall–Kier alpha value is -1.36. The second-order valence-electron chi connectivity index (χ2n) is 5.45. The molecule has 0 saturated carbocycles. The molecule has 0 aliphatic heterocycles. The fourth-order valence-electron chi connectivity index (χ4n) is 2.28. The lowest BCUT2D eigenvalue weighted by Crippen LogP contribution is -2.19. The minimum Gasteiger partial charge on any atom is -0.387 e. The largest absolute Gasteiger partial charge is 0.387 e. The lowest BCUT2D eigenvalue weighted by molar-refractivity contribution is 0.201. The SMILES string of the molecule is Cc1cccc(C(C)S(=O)(=O)CC(O)c2ccc(Cl)cc2)c1. The summed E-state index contributed by atoms with van der Waals surface area (Å²) in [4.78, 5) is 0. The van der Waals surface area contributed by atoms with E-state index >= 15 is 0 Å². The van der Waals surface area contributed by atoms with Gasteiger partial charge in [0.25, 0.3) is 0 Å². The van der Waals surface area contributed by atoms with Gasteiger partial charge >= 0.3 is 0 Å². The number of benzene rings is 2. The highest BCUT2D eigenvalue weighted by Crippen LogP contribution is 2.27. The van der Waals surface area contributed by atoms with E-state index in [0.717, 1.165) is 11.1 Å². The molecule has 2 rings (SSSR count). The van der Waals surface area contributed by atoms with Gasteiger partial charge in [-0.1, -0.05) is 53.6 Å². The van der Waals surface area contributed by atoms with Crippen molar-refractivity contribution in [3.63, 3.8) is 0 Å². The molecule has 1 N–H and O–H groups in total. The van der Waals surface area contributed by atoms with Gasteiger partial charge in [0.05, 0.1) is 17.1 Å². The maximum atomic E-state index is 12.5. The third kappa shape index (κ3) is 4.09. The number of rotatable bonds is 5. The molecule has 0 radical (unpaired) electrons. The molecule has 2 aromatic rings. The number of hydrogen-bond donors (Lipinski definition) is 1. The molecule has 0 saturated heterocycles. The van der Waals surface area contributed by atoms with Gasteiger partial charge in [0.1, 0.15) is 0 Å². The molecule has 0 aromatic heterocycles.